The summed E-state index contributed by atoms with van der Waals surface area (Å²) in [5.41, 5.74) is 15.6. The molecule has 0 unspecified atom stereocenters. The Hall–Kier alpha value is -8.66. The number of anilines is 3. The largest absolute Gasteiger partial charge is 0.456 e. The normalized spacial score (nSPS) is 11.7. The lowest BCUT2D eigenvalue weighted by Crippen LogP contribution is -2.09. The topological polar surface area (TPSA) is 21.3 Å². The van der Waals surface area contributed by atoms with E-state index < -0.39 is 0 Å². The van der Waals surface area contributed by atoms with Crippen LogP contribution in [0.3, 0.4) is 0 Å². The third-order valence-corrected chi connectivity index (χ3v) is 13.2. The number of hydrogen-bond donors (Lipinski definition) is 0. The van der Waals surface area contributed by atoms with Gasteiger partial charge in [-0.25, -0.2) is 0 Å². The highest BCUT2D eigenvalue weighted by Gasteiger charge is 2.18. The first-order valence-electron chi connectivity index (χ1n) is 22.2. The van der Waals surface area contributed by atoms with Crippen LogP contribution in [0.4, 0.5) is 17.1 Å². The highest BCUT2D eigenvalue weighted by molar-refractivity contribution is 6.14. The average molecular weight is 829 g/mol. The van der Waals surface area contributed by atoms with Gasteiger partial charge in [-0.05, 0) is 134 Å². The van der Waals surface area contributed by atoms with E-state index in [-0.39, 0.29) is 0 Å². The summed E-state index contributed by atoms with van der Waals surface area (Å²) in [6, 6.07) is 87.7. The SMILES string of the molecule is c1cc(-c2ccc(N(c3ccc(-c4cc5ccccc5c5ccccc45)cc3)c3ccc(-c4cccc5oc6ccccc6c45)cc3)cc2)cc(-n2c3ccccc3c3ccccc32)c1. The maximum Gasteiger partial charge on any atom is 0.136 e. The summed E-state index contributed by atoms with van der Waals surface area (Å²) in [6.07, 6.45) is 0. The lowest BCUT2D eigenvalue weighted by atomic mass is 9.93. The zero-order chi connectivity index (χ0) is 42.8. The Morgan fingerprint density at radius 2 is 0.815 bits per heavy atom. The molecule has 0 saturated heterocycles. The van der Waals surface area contributed by atoms with Crippen molar-refractivity contribution in [1.29, 1.82) is 0 Å². The molecule has 0 amide bonds. The second-order valence-electron chi connectivity index (χ2n) is 16.9. The average Bonchev–Trinajstić information content (AvgIpc) is 3.93. The smallest absolute Gasteiger partial charge is 0.136 e. The number of nitrogens with zero attached hydrogens (tertiary/aromatic N) is 2. The molecular weight excluding hydrogens is 789 g/mol. The number of benzene rings is 11. The molecule has 0 spiro atoms. The van der Waals surface area contributed by atoms with Crippen LogP contribution < -0.4 is 4.90 Å². The summed E-state index contributed by atoms with van der Waals surface area (Å²) in [6.45, 7) is 0. The molecule has 304 valence electrons. The van der Waals surface area contributed by atoms with Crippen LogP contribution in [0.2, 0.25) is 0 Å². The van der Waals surface area contributed by atoms with Gasteiger partial charge in [0.25, 0.3) is 0 Å². The third-order valence-electron chi connectivity index (χ3n) is 13.2. The number of para-hydroxylation sites is 3. The van der Waals surface area contributed by atoms with E-state index in [0.717, 1.165) is 61.4 Å². The van der Waals surface area contributed by atoms with Crippen LogP contribution in [0.5, 0.6) is 0 Å². The standard InChI is InChI=1S/C62H40N2O/c1-2-16-50-45(13-1)40-57(53-18-4-3-17-52(50)53)43-31-37-48(38-32-43)63(47-35-29-42(30-36-47)51-22-12-26-61-62(51)56-21-7-10-25-60(56)65-61)46-33-27-41(28-34-46)44-14-11-15-49(39-44)64-58-23-8-5-19-54(58)55-20-6-9-24-59(55)64/h1-40H. The van der Waals surface area contributed by atoms with Crippen LogP contribution in [0.15, 0.2) is 247 Å². The first kappa shape index (κ1) is 36.9. The van der Waals surface area contributed by atoms with E-state index in [1.807, 2.05) is 12.1 Å². The van der Waals surface area contributed by atoms with Crippen molar-refractivity contribution >= 4 is 82.4 Å². The molecule has 0 atom stereocenters. The Morgan fingerprint density at radius 3 is 1.49 bits per heavy atom. The van der Waals surface area contributed by atoms with Gasteiger partial charge in [-0.1, -0.05) is 164 Å². The van der Waals surface area contributed by atoms with Crippen LogP contribution >= 0.6 is 0 Å². The molecule has 0 N–H and O–H groups in total. The van der Waals surface area contributed by atoms with Gasteiger partial charge in [-0.3, -0.25) is 0 Å². The van der Waals surface area contributed by atoms with Gasteiger partial charge >= 0.3 is 0 Å². The molecule has 3 nitrogen and oxygen atoms in total. The van der Waals surface area contributed by atoms with Crippen LogP contribution in [0.1, 0.15) is 0 Å². The number of fused-ring (bicyclic) bond motifs is 9. The fourth-order valence-electron chi connectivity index (χ4n) is 10.2. The molecule has 11 aromatic carbocycles. The fourth-order valence-corrected chi connectivity index (χ4v) is 10.2. The van der Waals surface area contributed by atoms with Crippen molar-refractivity contribution in [2.75, 3.05) is 4.90 Å². The monoisotopic (exact) mass is 828 g/mol. The Morgan fingerprint density at radius 1 is 0.308 bits per heavy atom. The molecule has 0 aliphatic rings. The van der Waals surface area contributed by atoms with Crippen molar-refractivity contribution in [2.24, 2.45) is 0 Å². The molecule has 3 heteroatoms. The number of furan rings is 1. The highest BCUT2D eigenvalue weighted by atomic mass is 16.3. The van der Waals surface area contributed by atoms with Gasteiger partial charge in [0.15, 0.2) is 0 Å². The molecule has 0 fully saturated rings. The summed E-state index contributed by atoms with van der Waals surface area (Å²) in [4.78, 5) is 2.36. The lowest BCUT2D eigenvalue weighted by molar-refractivity contribution is 0.669. The predicted octanol–water partition coefficient (Wildman–Crippen LogP) is 17.5. The van der Waals surface area contributed by atoms with Gasteiger partial charge in [0, 0.05) is 44.3 Å². The zero-order valence-electron chi connectivity index (χ0n) is 35.4. The summed E-state index contributed by atoms with van der Waals surface area (Å²) in [5, 5.41) is 9.83. The van der Waals surface area contributed by atoms with Crippen molar-refractivity contribution in [1.82, 2.24) is 4.57 Å². The van der Waals surface area contributed by atoms with Gasteiger partial charge in [-0.15, -0.1) is 0 Å². The van der Waals surface area contributed by atoms with Crippen molar-refractivity contribution in [2.45, 2.75) is 0 Å². The van der Waals surface area contributed by atoms with E-state index in [2.05, 4.69) is 240 Å². The molecule has 0 aliphatic heterocycles. The van der Waals surface area contributed by atoms with E-state index >= 15 is 0 Å². The van der Waals surface area contributed by atoms with Crippen LogP contribution in [-0.4, -0.2) is 4.57 Å². The first-order chi connectivity index (χ1) is 32.2. The second-order valence-corrected chi connectivity index (χ2v) is 16.9. The zero-order valence-corrected chi connectivity index (χ0v) is 35.4. The molecule has 13 aromatic rings. The van der Waals surface area contributed by atoms with Gasteiger partial charge in [0.05, 0.1) is 11.0 Å². The summed E-state index contributed by atoms with van der Waals surface area (Å²) < 4.78 is 8.65. The fraction of sp³-hybridized carbons (Fsp3) is 0. The maximum atomic E-state index is 6.27. The van der Waals surface area contributed by atoms with E-state index in [9.17, 15) is 0 Å². The van der Waals surface area contributed by atoms with E-state index in [1.165, 1.54) is 60.0 Å². The maximum absolute atomic E-state index is 6.27. The molecule has 0 bridgehead atoms. The minimum atomic E-state index is 0.898. The molecular formula is C62H40N2O. The third kappa shape index (κ3) is 6.12. The van der Waals surface area contributed by atoms with Gasteiger partial charge in [0.1, 0.15) is 11.2 Å². The summed E-state index contributed by atoms with van der Waals surface area (Å²) >= 11 is 0. The minimum Gasteiger partial charge on any atom is -0.456 e. The molecule has 13 rings (SSSR count). The van der Waals surface area contributed by atoms with E-state index in [4.69, 9.17) is 4.42 Å². The van der Waals surface area contributed by atoms with Crippen molar-refractivity contribution in [3.8, 4) is 39.1 Å². The Kier molecular flexibility index (Phi) is 8.53. The quantitative estimate of drug-likeness (QED) is 0.149. The molecule has 0 saturated carbocycles. The number of rotatable bonds is 7. The summed E-state index contributed by atoms with van der Waals surface area (Å²) in [7, 11) is 0. The van der Waals surface area contributed by atoms with Crippen LogP contribution in [0.25, 0.3) is 104 Å². The van der Waals surface area contributed by atoms with Gasteiger partial charge < -0.3 is 13.9 Å². The number of hydrogen-bond acceptors (Lipinski definition) is 2. The Labute approximate surface area is 376 Å². The van der Waals surface area contributed by atoms with E-state index in [1.54, 1.807) is 0 Å². The Balaban J connectivity index is 0.905. The minimum absolute atomic E-state index is 0.898. The van der Waals surface area contributed by atoms with Gasteiger partial charge in [-0.2, -0.15) is 0 Å². The molecule has 2 heterocycles. The predicted molar refractivity (Wildman–Crippen MR) is 274 cm³/mol. The van der Waals surface area contributed by atoms with Crippen LogP contribution in [0, 0.1) is 0 Å². The number of aromatic nitrogens is 1. The molecule has 0 aliphatic carbocycles. The first-order valence-corrected chi connectivity index (χ1v) is 22.2. The molecule has 0 radical (unpaired) electrons. The van der Waals surface area contributed by atoms with Crippen molar-refractivity contribution in [3.05, 3.63) is 243 Å². The Bertz CT molecular complexity index is 3880. The molecule has 65 heavy (non-hydrogen) atoms. The lowest BCUT2D eigenvalue weighted by Gasteiger charge is -2.26. The summed E-state index contributed by atoms with van der Waals surface area (Å²) in [5.74, 6) is 0. The van der Waals surface area contributed by atoms with E-state index in [0.29, 0.717) is 0 Å². The molecule has 2 aromatic heterocycles. The van der Waals surface area contributed by atoms with Crippen molar-refractivity contribution in [3.63, 3.8) is 0 Å². The van der Waals surface area contributed by atoms with Crippen LogP contribution in [-0.2, 0) is 0 Å². The second kappa shape index (κ2) is 15.0. The highest BCUT2D eigenvalue weighted by Crippen LogP contribution is 2.42. The van der Waals surface area contributed by atoms with Crippen molar-refractivity contribution < 1.29 is 4.42 Å². The van der Waals surface area contributed by atoms with Gasteiger partial charge in [0.2, 0.25) is 0 Å².